The molecule has 2 aromatic rings. The third-order valence-electron chi connectivity index (χ3n) is 2.89. The molecule has 9 nitrogen and oxygen atoms in total. The quantitative estimate of drug-likeness (QED) is 0.360. The normalized spacial score (nSPS) is 10.6. The Balaban J connectivity index is 3.04. The van der Waals surface area contributed by atoms with Crippen molar-refractivity contribution in [2.24, 2.45) is 19.2 Å². The number of rotatable bonds is 3. The Bertz CT molecular complexity index is 877. The Hall–Kier alpha value is -2.80. The molecule has 0 fully saturated rings. The van der Waals surface area contributed by atoms with Crippen LogP contribution < -0.4 is 11.2 Å². The Morgan fingerprint density at radius 3 is 2.60 bits per heavy atom. The van der Waals surface area contributed by atoms with Gasteiger partial charge in [0.1, 0.15) is 0 Å². The highest BCUT2D eigenvalue weighted by Crippen LogP contribution is 2.19. The molecule has 2 rings (SSSR count). The Labute approximate surface area is 113 Å². The van der Waals surface area contributed by atoms with Crippen LogP contribution in [0.2, 0.25) is 0 Å². The molecule has 0 spiro atoms. The molecule has 2 aromatic heterocycles. The standard InChI is InChI=1S/C11H13N7O2/c1-6(2)5-18-7-8(13-10(18)14-15-12)16(3)11(20)17(4)9(7)19/h1,5H2,2-4H3. The Kier molecular flexibility index (Phi) is 3.21. The van der Waals surface area contributed by atoms with Gasteiger partial charge in [-0.05, 0) is 17.6 Å². The van der Waals surface area contributed by atoms with E-state index in [1.807, 2.05) is 0 Å². The fourth-order valence-corrected chi connectivity index (χ4v) is 1.97. The third kappa shape index (κ3) is 1.90. The maximum atomic E-state index is 12.2. The number of allylic oxidation sites excluding steroid dienone is 1. The number of aryl methyl sites for hydroxylation is 1. The number of hydrogen-bond donors (Lipinski definition) is 0. The zero-order chi connectivity index (χ0) is 15.0. The van der Waals surface area contributed by atoms with Crippen LogP contribution in [-0.2, 0) is 20.6 Å². The van der Waals surface area contributed by atoms with Gasteiger partial charge in [-0.3, -0.25) is 13.9 Å². The minimum absolute atomic E-state index is 0.0313. The molecule has 104 valence electrons. The lowest BCUT2D eigenvalue weighted by atomic mass is 10.3. The van der Waals surface area contributed by atoms with E-state index in [4.69, 9.17) is 5.53 Å². The summed E-state index contributed by atoms with van der Waals surface area (Å²) in [5.74, 6) is 0.0313. The first-order chi connectivity index (χ1) is 9.38. The van der Waals surface area contributed by atoms with Crippen molar-refractivity contribution >= 4 is 17.1 Å². The van der Waals surface area contributed by atoms with Gasteiger partial charge in [-0.2, -0.15) is 0 Å². The molecule has 0 aliphatic rings. The van der Waals surface area contributed by atoms with E-state index in [9.17, 15) is 9.59 Å². The molecule has 0 atom stereocenters. The fourth-order valence-electron chi connectivity index (χ4n) is 1.97. The van der Waals surface area contributed by atoms with Gasteiger partial charge in [-0.1, -0.05) is 12.2 Å². The van der Waals surface area contributed by atoms with Crippen LogP contribution in [0.3, 0.4) is 0 Å². The Morgan fingerprint density at radius 1 is 1.40 bits per heavy atom. The molecule has 0 saturated heterocycles. The number of fused-ring (bicyclic) bond motifs is 1. The second-order valence-corrected chi connectivity index (χ2v) is 4.52. The van der Waals surface area contributed by atoms with E-state index in [-0.39, 0.29) is 23.7 Å². The zero-order valence-corrected chi connectivity index (χ0v) is 11.4. The number of hydrogen-bond acceptors (Lipinski definition) is 4. The summed E-state index contributed by atoms with van der Waals surface area (Å²) < 4.78 is 3.68. The molecule has 0 saturated carbocycles. The summed E-state index contributed by atoms with van der Waals surface area (Å²) in [5, 5.41) is 3.47. The van der Waals surface area contributed by atoms with Gasteiger partial charge in [0.25, 0.3) is 5.56 Å². The van der Waals surface area contributed by atoms with Crippen LogP contribution in [-0.4, -0.2) is 18.7 Å². The van der Waals surface area contributed by atoms with Crippen molar-refractivity contribution in [3.05, 3.63) is 43.4 Å². The van der Waals surface area contributed by atoms with Crippen molar-refractivity contribution in [1.29, 1.82) is 0 Å². The second-order valence-electron chi connectivity index (χ2n) is 4.52. The molecule has 20 heavy (non-hydrogen) atoms. The minimum atomic E-state index is -0.491. The van der Waals surface area contributed by atoms with Gasteiger partial charge in [0, 0.05) is 25.6 Å². The molecule has 0 radical (unpaired) electrons. The van der Waals surface area contributed by atoms with Crippen molar-refractivity contribution in [2.45, 2.75) is 13.5 Å². The Morgan fingerprint density at radius 2 is 2.05 bits per heavy atom. The van der Waals surface area contributed by atoms with Gasteiger partial charge in [-0.15, -0.1) is 0 Å². The highest BCUT2D eigenvalue weighted by molar-refractivity contribution is 5.73. The third-order valence-corrected chi connectivity index (χ3v) is 2.89. The highest BCUT2D eigenvalue weighted by atomic mass is 16.2. The van der Waals surface area contributed by atoms with E-state index in [1.54, 1.807) is 6.92 Å². The van der Waals surface area contributed by atoms with Crippen LogP contribution in [0.4, 0.5) is 5.95 Å². The van der Waals surface area contributed by atoms with Crippen molar-refractivity contribution in [3.8, 4) is 0 Å². The molecular formula is C11H13N7O2. The first-order valence-corrected chi connectivity index (χ1v) is 5.74. The van der Waals surface area contributed by atoms with Crippen molar-refractivity contribution in [2.75, 3.05) is 0 Å². The number of nitrogens with zero attached hydrogens (tertiary/aromatic N) is 7. The average Bonchev–Trinajstić information content (AvgIpc) is 2.73. The van der Waals surface area contributed by atoms with Crippen LogP contribution >= 0.6 is 0 Å². The smallest absolute Gasteiger partial charge is 0.313 e. The van der Waals surface area contributed by atoms with Crippen LogP contribution in [0.1, 0.15) is 6.92 Å². The molecule has 9 heteroatoms. The number of imidazole rings is 1. The maximum Gasteiger partial charge on any atom is 0.332 e. The van der Waals surface area contributed by atoms with E-state index in [1.165, 1.54) is 23.2 Å². The summed E-state index contributed by atoms with van der Waals surface area (Å²) in [6, 6.07) is 0. The van der Waals surface area contributed by atoms with Crippen molar-refractivity contribution < 1.29 is 0 Å². The lowest BCUT2D eigenvalue weighted by Crippen LogP contribution is -2.37. The lowest BCUT2D eigenvalue weighted by molar-refractivity contribution is 0.702. The summed E-state index contributed by atoms with van der Waals surface area (Å²) in [6.07, 6.45) is 0. The highest BCUT2D eigenvalue weighted by Gasteiger charge is 2.18. The first kappa shape index (κ1) is 13.6. The predicted octanol–water partition coefficient (Wildman–Crippen LogP) is 0.952. The summed E-state index contributed by atoms with van der Waals surface area (Å²) in [4.78, 5) is 30.9. The summed E-state index contributed by atoms with van der Waals surface area (Å²) in [7, 11) is 2.89. The largest absolute Gasteiger partial charge is 0.332 e. The van der Waals surface area contributed by atoms with E-state index >= 15 is 0 Å². The number of aromatic nitrogens is 4. The molecule has 0 amide bonds. The molecule has 0 bridgehead atoms. The zero-order valence-electron chi connectivity index (χ0n) is 11.4. The van der Waals surface area contributed by atoms with Gasteiger partial charge in [-0.25, -0.2) is 9.78 Å². The van der Waals surface area contributed by atoms with E-state index in [0.717, 1.165) is 10.1 Å². The molecular weight excluding hydrogens is 262 g/mol. The van der Waals surface area contributed by atoms with Crippen molar-refractivity contribution in [1.82, 2.24) is 18.7 Å². The van der Waals surface area contributed by atoms with Crippen LogP contribution in [0.25, 0.3) is 21.6 Å². The summed E-state index contributed by atoms with van der Waals surface area (Å²) >= 11 is 0. The van der Waals surface area contributed by atoms with Crippen LogP contribution in [0.15, 0.2) is 26.9 Å². The average molecular weight is 275 g/mol. The second kappa shape index (κ2) is 4.71. The molecule has 0 unspecified atom stereocenters. The predicted molar refractivity (Wildman–Crippen MR) is 73.8 cm³/mol. The monoisotopic (exact) mass is 275 g/mol. The number of azide groups is 1. The lowest BCUT2D eigenvalue weighted by Gasteiger charge is -2.07. The van der Waals surface area contributed by atoms with Gasteiger partial charge in [0.2, 0.25) is 0 Å². The van der Waals surface area contributed by atoms with E-state index in [0.29, 0.717) is 0 Å². The molecule has 0 aliphatic carbocycles. The van der Waals surface area contributed by atoms with E-state index < -0.39 is 11.2 Å². The fraction of sp³-hybridized carbons (Fsp3) is 0.364. The maximum absolute atomic E-state index is 12.2. The molecule has 0 aliphatic heterocycles. The van der Waals surface area contributed by atoms with Crippen LogP contribution in [0, 0.1) is 0 Å². The van der Waals surface area contributed by atoms with Gasteiger partial charge < -0.3 is 4.57 Å². The summed E-state index contributed by atoms with van der Waals surface area (Å²) in [6.45, 7) is 5.82. The van der Waals surface area contributed by atoms with Gasteiger partial charge in [0.15, 0.2) is 17.1 Å². The summed E-state index contributed by atoms with van der Waals surface area (Å²) in [5.41, 5.74) is 8.75. The SMILES string of the molecule is C=C(C)Cn1c(N=[N+]=[N-])nc2c1c(=O)n(C)c(=O)n2C. The van der Waals surface area contributed by atoms with E-state index in [2.05, 4.69) is 21.6 Å². The molecule has 0 N–H and O–H groups in total. The molecule has 2 heterocycles. The molecule has 0 aromatic carbocycles. The minimum Gasteiger partial charge on any atom is -0.313 e. The van der Waals surface area contributed by atoms with Crippen molar-refractivity contribution in [3.63, 3.8) is 0 Å². The van der Waals surface area contributed by atoms with Gasteiger partial charge in [0.05, 0.1) is 0 Å². The topological polar surface area (TPSA) is 111 Å². The van der Waals surface area contributed by atoms with Gasteiger partial charge >= 0.3 is 5.69 Å². The van der Waals surface area contributed by atoms with Crippen LogP contribution in [0.5, 0.6) is 0 Å². The first-order valence-electron chi connectivity index (χ1n) is 5.74.